The molecule has 3 rings (SSSR count). The summed E-state index contributed by atoms with van der Waals surface area (Å²) in [6.07, 6.45) is 0. The van der Waals surface area contributed by atoms with Crippen molar-refractivity contribution in [1.29, 1.82) is 0 Å². The first kappa shape index (κ1) is 20.6. The van der Waals surface area contributed by atoms with Gasteiger partial charge in [-0.25, -0.2) is 0 Å². The number of anilines is 1. The Labute approximate surface area is 178 Å². The van der Waals surface area contributed by atoms with Crippen molar-refractivity contribution in [3.8, 4) is 11.5 Å². The number of nitrogens with zero attached hydrogens (tertiary/aromatic N) is 1. The van der Waals surface area contributed by atoms with Crippen LogP contribution in [0.25, 0.3) is 0 Å². The van der Waals surface area contributed by atoms with Crippen molar-refractivity contribution >= 4 is 33.4 Å². The molecular formula is C23H21BrN2O3. The number of para-hydroxylation sites is 1. The molecule has 2 amide bonds. The maximum absolute atomic E-state index is 12.6. The van der Waals surface area contributed by atoms with E-state index in [2.05, 4.69) is 21.2 Å². The predicted octanol–water partition coefficient (Wildman–Crippen LogP) is 5.26. The van der Waals surface area contributed by atoms with Crippen LogP contribution in [0.1, 0.15) is 15.9 Å². The number of hydrogen-bond donors (Lipinski definition) is 1. The fourth-order valence-corrected chi connectivity index (χ4v) is 3.23. The van der Waals surface area contributed by atoms with Crippen molar-refractivity contribution in [3.63, 3.8) is 0 Å². The molecule has 0 heterocycles. The Kier molecular flexibility index (Phi) is 6.67. The van der Waals surface area contributed by atoms with Crippen LogP contribution in [0.2, 0.25) is 0 Å². The summed E-state index contributed by atoms with van der Waals surface area (Å²) in [7, 11) is 1.60. The average molecular weight is 453 g/mol. The van der Waals surface area contributed by atoms with Gasteiger partial charge < -0.3 is 15.0 Å². The molecule has 0 bridgehead atoms. The molecule has 3 aromatic rings. The molecule has 0 aromatic heterocycles. The second-order valence-electron chi connectivity index (χ2n) is 6.61. The van der Waals surface area contributed by atoms with Gasteiger partial charge in [-0.05, 0) is 67.1 Å². The summed E-state index contributed by atoms with van der Waals surface area (Å²) < 4.78 is 6.68. The van der Waals surface area contributed by atoms with E-state index in [-0.39, 0.29) is 18.4 Å². The highest BCUT2D eigenvalue weighted by molar-refractivity contribution is 9.10. The number of ether oxygens (including phenoxy) is 1. The highest BCUT2D eigenvalue weighted by Gasteiger charge is 2.16. The normalized spacial score (nSPS) is 10.3. The number of halogens is 1. The highest BCUT2D eigenvalue weighted by Crippen LogP contribution is 2.22. The molecule has 5 nitrogen and oxygen atoms in total. The number of amides is 2. The summed E-state index contributed by atoms with van der Waals surface area (Å²) in [6.45, 7) is 1.87. The first-order valence-corrected chi connectivity index (χ1v) is 9.86. The van der Waals surface area contributed by atoms with Gasteiger partial charge >= 0.3 is 0 Å². The standard InChI is InChI=1S/C23H21BrN2O3/c1-16-14-18(24)10-13-21(16)25-22(27)15-26(2)23(28)17-8-11-20(12-9-17)29-19-6-4-3-5-7-19/h3-14H,15H2,1-2H3,(H,25,27). The molecule has 1 N–H and O–H groups in total. The summed E-state index contributed by atoms with van der Waals surface area (Å²) in [5, 5.41) is 2.84. The SMILES string of the molecule is Cc1cc(Br)ccc1NC(=O)CN(C)C(=O)c1ccc(Oc2ccccc2)cc1. The Bertz CT molecular complexity index is 1000. The zero-order chi connectivity index (χ0) is 20.8. The van der Waals surface area contributed by atoms with Gasteiger partial charge in [-0.1, -0.05) is 34.1 Å². The monoisotopic (exact) mass is 452 g/mol. The van der Waals surface area contributed by atoms with E-state index >= 15 is 0 Å². The molecular weight excluding hydrogens is 432 g/mol. The van der Waals surface area contributed by atoms with Gasteiger partial charge in [-0.3, -0.25) is 9.59 Å². The lowest BCUT2D eigenvalue weighted by atomic mass is 10.2. The lowest BCUT2D eigenvalue weighted by Gasteiger charge is -2.17. The molecule has 29 heavy (non-hydrogen) atoms. The van der Waals surface area contributed by atoms with E-state index in [1.807, 2.05) is 55.5 Å². The number of nitrogens with one attached hydrogen (secondary N) is 1. The summed E-state index contributed by atoms with van der Waals surface area (Å²) in [5.41, 5.74) is 2.15. The van der Waals surface area contributed by atoms with Crippen LogP contribution in [-0.2, 0) is 4.79 Å². The lowest BCUT2D eigenvalue weighted by Crippen LogP contribution is -2.35. The van der Waals surface area contributed by atoms with Crippen LogP contribution in [0.15, 0.2) is 77.3 Å². The minimum atomic E-state index is -0.254. The van der Waals surface area contributed by atoms with E-state index in [9.17, 15) is 9.59 Å². The number of hydrogen-bond acceptors (Lipinski definition) is 3. The zero-order valence-electron chi connectivity index (χ0n) is 16.2. The van der Waals surface area contributed by atoms with Crippen LogP contribution in [0.5, 0.6) is 11.5 Å². The van der Waals surface area contributed by atoms with Gasteiger partial charge in [0.25, 0.3) is 5.91 Å². The van der Waals surface area contributed by atoms with Crippen molar-refractivity contribution in [2.24, 2.45) is 0 Å². The molecule has 148 valence electrons. The van der Waals surface area contributed by atoms with E-state index in [0.717, 1.165) is 21.5 Å². The zero-order valence-corrected chi connectivity index (χ0v) is 17.8. The van der Waals surface area contributed by atoms with E-state index in [1.54, 1.807) is 31.3 Å². The lowest BCUT2D eigenvalue weighted by molar-refractivity contribution is -0.116. The fraction of sp³-hybridized carbons (Fsp3) is 0.130. The Balaban J connectivity index is 1.58. The average Bonchev–Trinajstić information content (AvgIpc) is 2.71. The predicted molar refractivity (Wildman–Crippen MR) is 117 cm³/mol. The molecule has 0 atom stereocenters. The van der Waals surface area contributed by atoms with Crippen LogP contribution < -0.4 is 10.1 Å². The van der Waals surface area contributed by atoms with Crippen LogP contribution in [0, 0.1) is 6.92 Å². The minimum Gasteiger partial charge on any atom is -0.457 e. The minimum absolute atomic E-state index is 0.0450. The van der Waals surface area contributed by atoms with Crippen molar-refractivity contribution in [3.05, 3.63) is 88.4 Å². The summed E-state index contributed by atoms with van der Waals surface area (Å²) in [6, 6.07) is 21.9. The molecule has 0 fully saturated rings. The number of likely N-dealkylation sites (N-methyl/N-ethyl adjacent to an activating group) is 1. The second-order valence-corrected chi connectivity index (χ2v) is 7.52. The van der Waals surface area contributed by atoms with Gasteiger partial charge in [0.15, 0.2) is 0 Å². The molecule has 0 spiro atoms. The van der Waals surface area contributed by atoms with Crippen molar-refractivity contribution in [2.75, 3.05) is 18.9 Å². The van der Waals surface area contributed by atoms with Gasteiger partial charge in [-0.15, -0.1) is 0 Å². The Hall–Kier alpha value is -3.12. The molecule has 0 aliphatic carbocycles. The van der Waals surface area contributed by atoms with Crippen molar-refractivity contribution in [2.45, 2.75) is 6.92 Å². The maximum atomic E-state index is 12.6. The number of carbonyl (C=O) groups is 2. The third kappa shape index (κ3) is 5.68. The van der Waals surface area contributed by atoms with E-state index < -0.39 is 0 Å². The van der Waals surface area contributed by atoms with Crippen LogP contribution in [0.3, 0.4) is 0 Å². The summed E-state index contributed by atoms with van der Waals surface area (Å²) >= 11 is 3.40. The van der Waals surface area contributed by atoms with Crippen molar-refractivity contribution in [1.82, 2.24) is 4.90 Å². The molecule has 0 radical (unpaired) electrons. The van der Waals surface area contributed by atoms with Gasteiger partial charge in [0.05, 0.1) is 6.54 Å². The Morgan fingerprint density at radius 2 is 1.62 bits per heavy atom. The van der Waals surface area contributed by atoms with E-state index in [0.29, 0.717) is 11.3 Å². The van der Waals surface area contributed by atoms with Crippen LogP contribution in [-0.4, -0.2) is 30.3 Å². The topological polar surface area (TPSA) is 58.6 Å². The molecule has 3 aromatic carbocycles. The van der Waals surface area contributed by atoms with Crippen LogP contribution >= 0.6 is 15.9 Å². The van der Waals surface area contributed by atoms with Gasteiger partial charge in [0.2, 0.25) is 5.91 Å². The number of benzene rings is 3. The third-order valence-electron chi connectivity index (χ3n) is 4.27. The number of aryl methyl sites for hydroxylation is 1. The summed E-state index contributed by atoms with van der Waals surface area (Å²) in [5.74, 6) is 0.872. The summed E-state index contributed by atoms with van der Waals surface area (Å²) in [4.78, 5) is 26.3. The molecule has 0 aliphatic rings. The first-order chi connectivity index (χ1) is 13.9. The van der Waals surface area contributed by atoms with Gasteiger partial charge in [-0.2, -0.15) is 0 Å². The largest absolute Gasteiger partial charge is 0.457 e. The second kappa shape index (κ2) is 9.39. The van der Waals surface area contributed by atoms with E-state index in [4.69, 9.17) is 4.74 Å². The number of rotatable bonds is 6. The molecule has 0 aliphatic heterocycles. The van der Waals surface area contributed by atoms with Crippen LogP contribution in [0.4, 0.5) is 5.69 Å². The van der Waals surface area contributed by atoms with Gasteiger partial charge in [0.1, 0.15) is 11.5 Å². The first-order valence-electron chi connectivity index (χ1n) is 9.07. The highest BCUT2D eigenvalue weighted by atomic mass is 79.9. The molecule has 6 heteroatoms. The van der Waals surface area contributed by atoms with Crippen molar-refractivity contribution < 1.29 is 14.3 Å². The quantitative estimate of drug-likeness (QED) is 0.554. The fourth-order valence-electron chi connectivity index (χ4n) is 2.75. The maximum Gasteiger partial charge on any atom is 0.254 e. The smallest absolute Gasteiger partial charge is 0.254 e. The molecule has 0 unspecified atom stereocenters. The Morgan fingerprint density at radius 3 is 2.28 bits per heavy atom. The number of carbonyl (C=O) groups excluding carboxylic acids is 2. The molecule has 0 saturated carbocycles. The molecule has 0 saturated heterocycles. The van der Waals surface area contributed by atoms with Gasteiger partial charge in [0, 0.05) is 22.8 Å². The Morgan fingerprint density at radius 1 is 0.966 bits per heavy atom. The third-order valence-corrected chi connectivity index (χ3v) is 4.76. The van der Waals surface area contributed by atoms with E-state index in [1.165, 1.54) is 4.90 Å².